The molecule has 0 N–H and O–H groups in total. The number of ether oxygens (including phenoxy) is 1. The Morgan fingerprint density at radius 2 is 1.67 bits per heavy atom. The van der Waals surface area contributed by atoms with Crippen molar-refractivity contribution >= 4 is 29.0 Å². The number of rotatable bonds is 9. The van der Waals surface area contributed by atoms with E-state index in [4.69, 9.17) is 4.74 Å². The topological polar surface area (TPSA) is 29.5 Å². The lowest BCUT2D eigenvalue weighted by Gasteiger charge is -2.20. The van der Waals surface area contributed by atoms with Gasteiger partial charge >= 0.3 is 5.97 Å². The molecule has 0 aliphatic heterocycles. The molecule has 2 rings (SSSR count). The number of hydrogen-bond acceptors (Lipinski definition) is 4. The fourth-order valence-electron chi connectivity index (χ4n) is 2.64. The van der Waals surface area contributed by atoms with Crippen molar-refractivity contribution in [1.29, 1.82) is 0 Å². The first-order valence-electron chi connectivity index (χ1n) is 9.13. The smallest absolute Gasteiger partial charge is 0.308 e. The fraction of sp³-hybridized carbons (Fsp3) is 0.348. The molecule has 0 spiro atoms. The lowest BCUT2D eigenvalue weighted by Crippen LogP contribution is -2.16. The van der Waals surface area contributed by atoms with Crippen molar-refractivity contribution in [3.63, 3.8) is 0 Å². The number of nitrogens with zero attached hydrogens (tertiary/aromatic N) is 1. The zero-order valence-corrected chi connectivity index (χ0v) is 17.5. The van der Waals surface area contributed by atoms with Gasteiger partial charge in [0.05, 0.1) is 5.92 Å². The highest BCUT2D eigenvalue weighted by atomic mass is 32.2. The second kappa shape index (κ2) is 10.2. The Bertz CT molecular complexity index is 751. The van der Waals surface area contributed by atoms with Crippen LogP contribution in [0.2, 0.25) is 0 Å². The minimum Gasteiger partial charge on any atom is -0.461 e. The molecule has 0 aliphatic rings. The van der Waals surface area contributed by atoms with Crippen molar-refractivity contribution in [2.45, 2.75) is 27.0 Å². The molecular formula is C23H29NO2S. The summed E-state index contributed by atoms with van der Waals surface area (Å²) in [5.74, 6) is 0.693. The number of thioether (sulfide) groups is 1. The van der Waals surface area contributed by atoms with Crippen LogP contribution in [-0.2, 0) is 22.7 Å². The Morgan fingerprint density at radius 1 is 1.07 bits per heavy atom. The van der Waals surface area contributed by atoms with E-state index in [0.29, 0.717) is 6.61 Å². The van der Waals surface area contributed by atoms with Crippen molar-refractivity contribution in [3.8, 4) is 0 Å². The second-order valence-electron chi connectivity index (χ2n) is 7.02. The molecule has 0 bridgehead atoms. The Kier molecular flexibility index (Phi) is 7.99. The van der Waals surface area contributed by atoms with Gasteiger partial charge in [0.2, 0.25) is 0 Å². The highest BCUT2D eigenvalue weighted by Gasteiger charge is 2.08. The number of hydrogen-bond donors (Lipinski definition) is 0. The summed E-state index contributed by atoms with van der Waals surface area (Å²) in [4.78, 5) is 13.8. The Balaban J connectivity index is 1.92. The van der Waals surface area contributed by atoms with Gasteiger partial charge in [-0.05, 0) is 40.7 Å². The van der Waals surface area contributed by atoms with Gasteiger partial charge in [0.15, 0.2) is 0 Å². The Hall–Kier alpha value is -2.20. The number of anilines is 1. The third kappa shape index (κ3) is 6.47. The minimum absolute atomic E-state index is 0.0952. The van der Waals surface area contributed by atoms with E-state index in [9.17, 15) is 4.79 Å². The van der Waals surface area contributed by atoms with Gasteiger partial charge in [0, 0.05) is 25.0 Å². The molecule has 0 saturated carbocycles. The summed E-state index contributed by atoms with van der Waals surface area (Å²) in [6.45, 7) is 8.96. The molecule has 27 heavy (non-hydrogen) atoms. The van der Waals surface area contributed by atoms with E-state index in [1.165, 1.54) is 16.8 Å². The standard InChI is InChI=1S/C23H29NO2S/c1-17(2)23(25)26-15-20-8-6-19(7-9-20)14-24(4)22-12-10-21(11-13-22)18(3)16-27-5/h6-13,17H,3,14-16H2,1-2,4-5H3. The molecule has 0 fully saturated rings. The molecule has 0 aromatic heterocycles. The molecule has 4 heteroatoms. The Labute approximate surface area is 167 Å². The molecule has 0 saturated heterocycles. The minimum atomic E-state index is -0.164. The molecule has 2 aromatic carbocycles. The first-order chi connectivity index (χ1) is 12.9. The van der Waals surface area contributed by atoms with Crippen LogP contribution in [0.25, 0.3) is 5.57 Å². The molecule has 0 unspecified atom stereocenters. The predicted molar refractivity (Wildman–Crippen MR) is 117 cm³/mol. The molecule has 144 valence electrons. The van der Waals surface area contributed by atoms with Gasteiger partial charge in [-0.1, -0.05) is 56.8 Å². The lowest BCUT2D eigenvalue weighted by atomic mass is 10.1. The van der Waals surface area contributed by atoms with Gasteiger partial charge in [0.25, 0.3) is 0 Å². The molecule has 2 aromatic rings. The van der Waals surface area contributed by atoms with Crippen LogP contribution >= 0.6 is 11.8 Å². The van der Waals surface area contributed by atoms with E-state index in [0.717, 1.165) is 23.4 Å². The van der Waals surface area contributed by atoms with Crippen LogP contribution in [0.1, 0.15) is 30.5 Å². The lowest BCUT2D eigenvalue weighted by molar-refractivity contribution is -0.148. The zero-order valence-electron chi connectivity index (χ0n) is 16.7. The Morgan fingerprint density at radius 3 is 2.22 bits per heavy atom. The maximum Gasteiger partial charge on any atom is 0.308 e. The molecule has 3 nitrogen and oxygen atoms in total. The zero-order chi connectivity index (χ0) is 19.8. The van der Waals surface area contributed by atoms with Crippen LogP contribution in [0.5, 0.6) is 0 Å². The number of benzene rings is 2. The third-order valence-electron chi connectivity index (χ3n) is 4.33. The molecule has 0 heterocycles. The van der Waals surface area contributed by atoms with Crippen LogP contribution in [0.3, 0.4) is 0 Å². The van der Waals surface area contributed by atoms with Crippen molar-refractivity contribution in [1.82, 2.24) is 0 Å². The number of carbonyl (C=O) groups excluding carboxylic acids is 1. The van der Waals surface area contributed by atoms with E-state index in [1.807, 2.05) is 26.0 Å². The summed E-state index contributed by atoms with van der Waals surface area (Å²) in [5, 5.41) is 0. The van der Waals surface area contributed by atoms with Crippen molar-refractivity contribution < 1.29 is 9.53 Å². The number of esters is 1. The van der Waals surface area contributed by atoms with Gasteiger partial charge in [-0.15, -0.1) is 0 Å². The molecule has 0 aliphatic carbocycles. The van der Waals surface area contributed by atoms with E-state index in [1.54, 1.807) is 11.8 Å². The van der Waals surface area contributed by atoms with Gasteiger partial charge < -0.3 is 9.64 Å². The van der Waals surface area contributed by atoms with Crippen LogP contribution < -0.4 is 4.90 Å². The average molecular weight is 384 g/mol. The highest BCUT2D eigenvalue weighted by Crippen LogP contribution is 2.22. The molecule has 0 atom stereocenters. The average Bonchev–Trinajstić information content (AvgIpc) is 2.67. The first kappa shape index (κ1) is 21.1. The van der Waals surface area contributed by atoms with Gasteiger partial charge in [-0.3, -0.25) is 4.79 Å². The van der Waals surface area contributed by atoms with E-state index < -0.39 is 0 Å². The maximum atomic E-state index is 11.6. The van der Waals surface area contributed by atoms with Crippen LogP contribution in [0.4, 0.5) is 5.69 Å². The number of carbonyl (C=O) groups is 1. The second-order valence-corrected chi connectivity index (χ2v) is 7.88. The summed E-state index contributed by atoms with van der Waals surface area (Å²) in [5.41, 5.74) is 5.75. The largest absolute Gasteiger partial charge is 0.461 e. The predicted octanol–water partition coefficient (Wildman–Crippen LogP) is 5.40. The highest BCUT2D eigenvalue weighted by molar-refractivity contribution is 7.99. The molecule has 0 amide bonds. The normalized spacial score (nSPS) is 10.7. The quantitative estimate of drug-likeness (QED) is 0.542. The first-order valence-corrected chi connectivity index (χ1v) is 10.5. The van der Waals surface area contributed by atoms with Crippen molar-refractivity contribution in [2.75, 3.05) is 24.0 Å². The van der Waals surface area contributed by atoms with Gasteiger partial charge in [0.1, 0.15) is 6.61 Å². The van der Waals surface area contributed by atoms with Crippen LogP contribution in [0.15, 0.2) is 55.1 Å². The monoisotopic (exact) mass is 383 g/mol. The maximum absolute atomic E-state index is 11.6. The van der Waals surface area contributed by atoms with Gasteiger partial charge in [-0.2, -0.15) is 11.8 Å². The van der Waals surface area contributed by atoms with Crippen molar-refractivity contribution in [3.05, 3.63) is 71.8 Å². The van der Waals surface area contributed by atoms with Crippen molar-refractivity contribution in [2.24, 2.45) is 5.92 Å². The third-order valence-corrected chi connectivity index (χ3v) is 4.97. The SMILES string of the molecule is C=C(CSC)c1ccc(N(C)Cc2ccc(COC(=O)C(C)C)cc2)cc1. The summed E-state index contributed by atoms with van der Waals surface area (Å²) in [6.07, 6.45) is 2.09. The van der Waals surface area contributed by atoms with E-state index in [-0.39, 0.29) is 11.9 Å². The van der Waals surface area contributed by atoms with E-state index >= 15 is 0 Å². The summed E-state index contributed by atoms with van der Waals surface area (Å²) < 4.78 is 5.27. The molecule has 0 radical (unpaired) electrons. The molecular weight excluding hydrogens is 354 g/mol. The summed E-state index contributed by atoms with van der Waals surface area (Å²) in [7, 11) is 2.09. The van der Waals surface area contributed by atoms with Crippen LogP contribution in [0, 0.1) is 5.92 Å². The summed E-state index contributed by atoms with van der Waals surface area (Å²) in [6, 6.07) is 16.8. The summed E-state index contributed by atoms with van der Waals surface area (Å²) >= 11 is 1.79. The van der Waals surface area contributed by atoms with Crippen LogP contribution in [-0.4, -0.2) is 25.0 Å². The van der Waals surface area contributed by atoms with E-state index in [2.05, 4.69) is 61.2 Å². The fourth-order valence-corrected chi connectivity index (χ4v) is 3.15. The van der Waals surface area contributed by atoms with Gasteiger partial charge in [-0.25, -0.2) is 0 Å².